The molecule has 21 heavy (non-hydrogen) atoms. The fourth-order valence-electron chi connectivity index (χ4n) is 2.86. The van der Waals surface area contributed by atoms with E-state index in [2.05, 4.69) is 5.32 Å². The lowest BCUT2D eigenvalue weighted by atomic mass is 9.91. The molecule has 2 aromatic rings. The summed E-state index contributed by atoms with van der Waals surface area (Å²) in [5.41, 5.74) is 10.3. The summed E-state index contributed by atoms with van der Waals surface area (Å²) in [6.07, 6.45) is 0. The zero-order valence-corrected chi connectivity index (χ0v) is 12.0. The van der Waals surface area contributed by atoms with E-state index in [9.17, 15) is 9.18 Å². The SMILES string of the molecule is Cc1ccccc1C(N)c1cc(F)cc2c1NC(=O)C2C. The van der Waals surface area contributed by atoms with Crippen molar-refractivity contribution in [3.05, 3.63) is 64.5 Å². The number of nitrogens with two attached hydrogens (primary N) is 1. The number of anilines is 1. The summed E-state index contributed by atoms with van der Waals surface area (Å²) in [7, 11) is 0. The third-order valence-electron chi connectivity index (χ3n) is 4.13. The maximum atomic E-state index is 13.9. The first kappa shape index (κ1) is 13.8. The van der Waals surface area contributed by atoms with Gasteiger partial charge in [0, 0.05) is 5.56 Å². The Labute approximate surface area is 123 Å². The number of fused-ring (bicyclic) bond motifs is 1. The maximum Gasteiger partial charge on any atom is 0.231 e. The van der Waals surface area contributed by atoms with Crippen LogP contribution in [0.2, 0.25) is 0 Å². The van der Waals surface area contributed by atoms with Crippen molar-refractivity contribution in [2.24, 2.45) is 5.73 Å². The number of carbonyl (C=O) groups is 1. The van der Waals surface area contributed by atoms with Crippen LogP contribution in [0.4, 0.5) is 10.1 Å². The highest BCUT2D eigenvalue weighted by molar-refractivity contribution is 6.03. The third-order valence-corrected chi connectivity index (χ3v) is 4.13. The molecule has 0 spiro atoms. The summed E-state index contributed by atoms with van der Waals surface area (Å²) < 4.78 is 13.9. The van der Waals surface area contributed by atoms with Crippen molar-refractivity contribution in [1.29, 1.82) is 0 Å². The van der Waals surface area contributed by atoms with Gasteiger partial charge in [-0.1, -0.05) is 24.3 Å². The predicted octanol–water partition coefficient (Wildman–Crippen LogP) is 3.24. The normalized spacial score (nSPS) is 18.3. The number of amides is 1. The zero-order chi connectivity index (χ0) is 15.1. The molecule has 1 aliphatic rings. The topological polar surface area (TPSA) is 55.1 Å². The van der Waals surface area contributed by atoms with Gasteiger partial charge in [0.25, 0.3) is 0 Å². The smallest absolute Gasteiger partial charge is 0.231 e. The van der Waals surface area contributed by atoms with Crippen molar-refractivity contribution in [2.75, 3.05) is 5.32 Å². The summed E-state index contributed by atoms with van der Waals surface area (Å²) in [6, 6.07) is 10.1. The lowest BCUT2D eigenvalue weighted by molar-refractivity contribution is -0.116. The van der Waals surface area contributed by atoms with Gasteiger partial charge in [0.2, 0.25) is 5.91 Å². The lowest BCUT2D eigenvalue weighted by Gasteiger charge is -2.18. The second-order valence-corrected chi connectivity index (χ2v) is 5.50. The van der Waals surface area contributed by atoms with Crippen molar-refractivity contribution in [3.63, 3.8) is 0 Å². The van der Waals surface area contributed by atoms with Gasteiger partial charge in [-0.3, -0.25) is 4.79 Å². The molecular weight excluding hydrogens is 267 g/mol. The predicted molar refractivity (Wildman–Crippen MR) is 80.7 cm³/mol. The van der Waals surface area contributed by atoms with Gasteiger partial charge in [0.15, 0.2) is 0 Å². The number of hydrogen-bond acceptors (Lipinski definition) is 2. The molecule has 4 heteroatoms. The van der Waals surface area contributed by atoms with E-state index in [1.165, 1.54) is 12.1 Å². The number of rotatable bonds is 2. The molecule has 1 aliphatic heterocycles. The second kappa shape index (κ2) is 4.97. The van der Waals surface area contributed by atoms with Crippen molar-refractivity contribution in [3.8, 4) is 0 Å². The number of aryl methyl sites for hydroxylation is 1. The van der Waals surface area contributed by atoms with Crippen LogP contribution in [0.5, 0.6) is 0 Å². The van der Waals surface area contributed by atoms with Crippen LogP contribution in [0.25, 0.3) is 0 Å². The average molecular weight is 284 g/mol. The van der Waals surface area contributed by atoms with Gasteiger partial charge in [-0.25, -0.2) is 4.39 Å². The molecule has 0 saturated heterocycles. The van der Waals surface area contributed by atoms with Crippen LogP contribution in [-0.4, -0.2) is 5.91 Å². The standard InChI is InChI=1S/C17H17FN2O/c1-9-5-3-4-6-12(9)15(19)14-8-11(18)7-13-10(2)17(21)20-16(13)14/h3-8,10,15H,19H2,1-2H3,(H,20,21). The molecule has 2 aromatic carbocycles. The fraction of sp³-hybridized carbons (Fsp3) is 0.235. The Balaban J connectivity index is 2.14. The summed E-state index contributed by atoms with van der Waals surface area (Å²) in [5.74, 6) is -0.830. The van der Waals surface area contributed by atoms with E-state index in [-0.39, 0.29) is 17.6 Å². The second-order valence-electron chi connectivity index (χ2n) is 5.50. The minimum Gasteiger partial charge on any atom is -0.325 e. The molecule has 0 radical (unpaired) electrons. The first-order chi connectivity index (χ1) is 9.99. The monoisotopic (exact) mass is 284 g/mol. The van der Waals surface area contributed by atoms with Gasteiger partial charge in [-0.2, -0.15) is 0 Å². The molecular formula is C17H17FN2O. The highest BCUT2D eigenvalue weighted by Crippen LogP contribution is 2.39. The van der Waals surface area contributed by atoms with Gasteiger partial charge >= 0.3 is 0 Å². The highest BCUT2D eigenvalue weighted by Gasteiger charge is 2.31. The number of nitrogens with one attached hydrogen (secondary N) is 1. The average Bonchev–Trinajstić information content (AvgIpc) is 2.74. The van der Waals surface area contributed by atoms with E-state index in [1.807, 2.05) is 31.2 Å². The zero-order valence-electron chi connectivity index (χ0n) is 12.0. The van der Waals surface area contributed by atoms with E-state index >= 15 is 0 Å². The third kappa shape index (κ3) is 2.21. The number of benzene rings is 2. The van der Waals surface area contributed by atoms with E-state index < -0.39 is 6.04 Å². The van der Waals surface area contributed by atoms with Crippen molar-refractivity contribution in [2.45, 2.75) is 25.8 Å². The Morgan fingerprint density at radius 1 is 1.24 bits per heavy atom. The lowest BCUT2D eigenvalue weighted by Crippen LogP contribution is -2.16. The molecule has 1 amide bonds. The van der Waals surface area contributed by atoms with Crippen molar-refractivity contribution in [1.82, 2.24) is 0 Å². The van der Waals surface area contributed by atoms with Crippen molar-refractivity contribution < 1.29 is 9.18 Å². The maximum absolute atomic E-state index is 13.9. The summed E-state index contributed by atoms with van der Waals surface area (Å²) in [6.45, 7) is 3.74. The quantitative estimate of drug-likeness (QED) is 0.889. The molecule has 2 atom stereocenters. The van der Waals surface area contributed by atoms with Crippen molar-refractivity contribution >= 4 is 11.6 Å². The summed E-state index contributed by atoms with van der Waals surface area (Å²) in [4.78, 5) is 11.8. The highest BCUT2D eigenvalue weighted by atomic mass is 19.1. The van der Waals surface area contributed by atoms with Gasteiger partial charge < -0.3 is 11.1 Å². The Morgan fingerprint density at radius 3 is 2.67 bits per heavy atom. The van der Waals surface area contributed by atoms with Crippen LogP contribution in [0, 0.1) is 12.7 Å². The molecule has 0 fully saturated rings. The van der Waals surface area contributed by atoms with E-state index in [1.54, 1.807) is 6.92 Å². The van der Waals surface area contributed by atoms with Crippen LogP contribution >= 0.6 is 0 Å². The summed E-state index contributed by atoms with van der Waals surface area (Å²) in [5, 5.41) is 2.83. The van der Waals surface area contributed by atoms with Gasteiger partial charge in [-0.15, -0.1) is 0 Å². The number of hydrogen-bond donors (Lipinski definition) is 2. The molecule has 108 valence electrons. The van der Waals surface area contributed by atoms with E-state index in [0.29, 0.717) is 16.8 Å². The number of halogens is 1. The molecule has 1 heterocycles. The minimum atomic E-state index is -0.471. The van der Waals surface area contributed by atoms with E-state index in [4.69, 9.17) is 5.73 Å². The van der Waals surface area contributed by atoms with Crippen LogP contribution in [0.3, 0.4) is 0 Å². The Hall–Kier alpha value is -2.20. The van der Waals surface area contributed by atoms with Crippen LogP contribution in [-0.2, 0) is 4.79 Å². The van der Waals surface area contributed by atoms with Gasteiger partial charge in [-0.05, 0) is 42.7 Å². The molecule has 3 nitrogen and oxygen atoms in total. The van der Waals surface area contributed by atoms with Crippen LogP contribution < -0.4 is 11.1 Å². The minimum absolute atomic E-state index is 0.117. The Kier molecular flexibility index (Phi) is 3.26. The molecule has 2 unspecified atom stereocenters. The Morgan fingerprint density at radius 2 is 1.95 bits per heavy atom. The first-order valence-corrected chi connectivity index (χ1v) is 6.94. The van der Waals surface area contributed by atoms with Gasteiger partial charge in [0.1, 0.15) is 5.82 Å². The van der Waals surface area contributed by atoms with Crippen LogP contribution in [0.1, 0.15) is 41.1 Å². The Bertz CT molecular complexity index is 727. The summed E-state index contributed by atoms with van der Waals surface area (Å²) >= 11 is 0. The first-order valence-electron chi connectivity index (χ1n) is 6.94. The van der Waals surface area contributed by atoms with E-state index in [0.717, 1.165) is 11.1 Å². The van der Waals surface area contributed by atoms with Crippen LogP contribution in [0.15, 0.2) is 36.4 Å². The molecule has 3 N–H and O–H groups in total. The molecule has 0 saturated carbocycles. The largest absolute Gasteiger partial charge is 0.325 e. The molecule has 0 aromatic heterocycles. The number of carbonyl (C=O) groups excluding carboxylic acids is 1. The molecule has 0 bridgehead atoms. The van der Waals surface area contributed by atoms with Gasteiger partial charge in [0.05, 0.1) is 17.6 Å². The molecule has 3 rings (SSSR count). The molecule has 0 aliphatic carbocycles. The fourth-order valence-corrected chi connectivity index (χ4v) is 2.86.